The van der Waals surface area contributed by atoms with Gasteiger partial charge in [-0.1, -0.05) is 438 Å². The molecule has 0 aromatic carbocycles. The quantitative estimate of drug-likeness (QED) is 0.0256. The van der Waals surface area contributed by atoms with Gasteiger partial charge in [0.15, 0.2) is 12.4 Å². The summed E-state index contributed by atoms with van der Waals surface area (Å²) in [6.07, 6.45) is 91.2. The molecule has 0 aliphatic heterocycles. The molecule has 0 heterocycles. The fraction of sp³-hybridized carbons (Fsp3) is 0.964. The maximum atomic E-state index is 13.0. The van der Waals surface area contributed by atoms with E-state index in [2.05, 4.69) is 13.8 Å². The normalized spacial score (nSPS) is 12.5. The summed E-state index contributed by atoms with van der Waals surface area (Å²) < 4.78 is 22.9. The van der Waals surface area contributed by atoms with Gasteiger partial charge in [-0.2, -0.15) is 0 Å². The van der Waals surface area contributed by atoms with Crippen molar-refractivity contribution in [3.8, 4) is 0 Å². The highest BCUT2D eigenvalue weighted by Gasteiger charge is 2.22. The van der Waals surface area contributed by atoms with E-state index in [1.165, 1.54) is 398 Å². The van der Waals surface area contributed by atoms with Gasteiger partial charge in [-0.15, -0.1) is 0 Å². The minimum absolute atomic E-state index is 0.154. The van der Waals surface area contributed by atoms with Crippen LogP contribution in [0.2, 0.25) is 0 Å². The number of carbonyl (C=O) groups is 3. The second-order valence-corrected chi connectivity index (χ2v) is 30.5. The number of carbonyl (C=O) groups excluding carboxylic acids is 3. The number of unbranched alkanes of at least 4 members (excludes halogenated alkanes) is 66. The Labute approximate surface area is 581 Å². The van der Waals surface area contributed by atoms with E-state index in [-0.39, 0.29) is 32.2 Å². The van der Waals surface area contributed by atoms with Crippen molar-refractivity contribution in [3.63, 3.8) is 0 Å². The van der Waals surface area contributed by atoms with E-state index >= 15 is 0 Å². The zero-order valence-electron chi connectivity index (χ0n) is 63.7. The van der Waals surface area contributed by atoms with Gasteiger partial charge < -0.3 is 33.3 Å². The zero-order valence-corrected chi connectivity index (χ0v) is 63.7. The van der Waals surface area contributed by atoms with Crippen LogP contribution in [0.4, 0.5) is 0 Å². The second-order valence-electron chi connectivity index (χ2n) is 30.5. The molecular weight excluding hydrogens is 1150 g/mol. The molecule has 0 amide bonds. The summed E-state index contributed by atoms with van der Waals surface area (Å²) in [7, 11) is 5.96. The number of nitrogens with zero attached hydrogens (tertiary/aromatic N) is 1. The minimum atomic E-state index is -1.62. The van der Waals surface area contributed by atoms with Crippen LogP contribution in [0.5, 0.6) is 0 Å². The van der Waals surface area contributed by atoms with Gasteiger partial charge in [0.2, 0.25) is 0 Å². The van der Waals surface area contributed by atoms with Crippen molar-refractivity contribution in [2.45, 2.75) is 476 Å². The van der Waals surface area contributed by atoms with Gasteiger partial charge in [0.1, 0.15) is 13.2 Å². The molecule has 9 nitrogen and oxygen atoms in total. The summed E-state index contributed by atoms with van der Waals surface area (Å²) in [4.78, 5) is 37.6. The summed E-state index contributed by atoms with van der Waals surface area (Å²) in [6, 6.07) is 0. The molecule has 0 rings (SSSR count). The zero-order chi connectivity index (χ0) is 67.5. The standard InChI is InChI=1S/C84H165NO8/c1-6-8-10-12-14-16-18-20-22-24-26-28-30-32-34-36-37-38-39-40-41-42-43-44-45-47-49-51-53-55-57-59-61-63-65-67-69-71-73-75-82(87)93-80(79-92-84(83(88)89)90-77-76-85(3,4)5)78-91-81(86)74-72-70-68-66-64-62-60-58-56-54-52-50-48-46-35-33-31-29-27-25-23-21-19-17-15-13-11-9-7-2/h80,84H,6-79H2,1-5H3. The number of hydrogen-bond donors (Lipinski definition) is 0. The first-order valence-corrected chi connectivity index (χ1v) is 42.2. The smallest absolute Gasteiger partial charge is 0.306 e. The van der Waals surface area contributed by atoms with Crippen molar-refractivity contribution in [1.29, 1.82) is 0 Å². The largest absolute Gasteiger partial charge is 0.545 e. The first-order valence-electron chi connectivity index (χ1n) is 42.2. The van der Waals surface area contributed by atoms with Crippen molar-refractivity contribution in [2.75, 3.05) is 47.5 Å². The number of carboxylic acid groups (broad SMARTS) is 1. The Kier molecular flexibility index (Phi) is 74.7. The van der Waals surface area contributed by atoms with Crippen LogP contribution in [0.25, 0.3) is 0 Å². The Bertz CT molecular complexity index is 1480. The highest BCUT2D eigenvalue weighted by molar-refractivity contribution is 5.70. The van der Waals surface area contributed by atoms with Crippen LogP contribution in [0.3, 0.4) is 0 Å². The molecule has 554 valence electrons. The lowest BCUT2D eigenvalue weighted by atomic mass is 10.0. The van der Waals surface area contributed by atoms with E-state index < -0.39 is 24.3 Å². The maximum absolute atomic E-state index is 13.0. The van der Waals surface area contributed by atoms with Crippen LogP contribution in [-0.2, 0) is 33.3 Å². The van der Waals surface area contributed by atoms with Gasteiger partial charge in [0.05, 0.1) is 40.3 Å². The predicted octanol–water partition coefficient (Wildman–Crippen LogP) is 25.6. The number of esters is 2. The molecular formula is C84H165NO8. The third-order valence-corrected chi connectivity index (χ3v) is 19.9. The molecule has 2 atom stereocenters. The summed E-state index contributed by atoms with van der Waals surface area (Å²) in [5, 5.41) is 11.9. The lowest BCUT2D eigenvalue weighted by molar-refractivity contribution is -0.870. The molecule has 0 aromatic heterocycles. The maximum Gasteiger partial charge on any atom is 0.306 e. The number of likely N-dealkylation sites (N-methyl/N-ethyl adjacent to an activating group) is 1. The van der Waals surface area contributed by atoms with Gasteiger partial charge in [-0.05, 0) is 12.8 Å². The second kappa shape index (κ2) is 76.1. The summed E-state index contributed by atoms with van der Waals surface area (Å²) in [5.41, 5.74) is 0. The predicted molar refractivity (Wildman–Crippen MR) is 399 cm³/mol. The SMILES string of the molecule is CCCCCCCCCCCCCCCCCCCCCCCCCCCCCCCCCCCCCCCCCC(=O)OC(COC(=O)CCCCCCCCCCCCCCCCCCCCCCCCCCCCCCC)COC(OCC[N+](C)(C)C)C(=O)[O-]. The van der Waals surface area contributed by atoms with Gasteiger partial charge in [0.25, 0.3) is 0 Å². The first kappa shape index (κ1) is 91.3. The number of ether oxygens (including phenoxy) is 4. The fourth-order valence-electron chi connectivity index (χ4n) is 13.4. The highest BCUT2D eigenvalue weighted by atomic mass is 16.7. The molecule has 2 unspecified atom stereocenters. The van der Waals surface area contributed by atoms with Crippen molar-refractivity contribution in [2.24, 2.45) is 0 Å². The molecule has 9 heteroatoms. The Morgan fingerprint density at radius 1 is 0.280 bits per heavy atom. The van der Waals surface area contributed by atoms with E-state index in [1.807, 2.05) is 21.1 Å². The van der Waals surface area contributed by atoms with Crippen LogP contribution >= 0.6 is 0 Å². The Balaban J connectivity index is 3.90. The molecule has 0 spiro atoms. The van der Waals surface area contributed by atoms with Crippen molar-refractivity contribution in [3.05, 3.63) is 0 Å². The Morgan fingerprint density at radius 3 is 0.688 bits per heavy atom. The third-order valence-electron chi connectivity index (χ3n) is 19.9. The number of rotatable bonds is 81. The van der Waals surface area contributed by atoms with Crippen molar-refractivity contribution < 1.29 is 42.9 Å². The lowest BCUT2D eigenvalue weighted by Crippen LogP contribution is -2.44. The summed E-state index contributed by atoms with van der Waals surface area (Å²) in [5.74, 6) is -2.24. The Morgan fingerprint density at radius 2 is 0.484 bits per heavy atom. The van der Waals surface area contributed by atoms with Gasteiger partial charge in [0, 0.05) is 12.8 Å². The number of hydrogen-bond acceptors (Lipinski definition) is 8. The van der Waals surface area contributed by atoms with Gasteiger partial charge in [-0.25, -0.2) is 0 Å². The van der Waals surface area contributed by atoms with Crippen LogP contribution < -0.4 is 5.11 Å². The molecule has 0 radical (unpaired) electrons. The number of quaternary nitrogens is 1. The highest BCUT2D eigenvalue weighted by Crippen LogP contribution is 2.21. The van der Waals surface area contributed by atoms with Gasteiger partial charge >= 0.3 is 11.9 Å². The molecule has 0 bridgehead atoms. The van der Waals surface area contributed by atoms with Gasteiger partial charge in [-0.3, -0.25) is 9.59 Å². The average molecular weight is 1320 g/mol. The topological polar surface area (TPSA) is 111 Å². The third kappa shape index (κ3) is 77.5. The summed E-state index contributed by atoms with van der Waals surface area (Å²) >= 11 is 0. The fourth-order valence-corrected chi connectivity index (χ4v) is 13.4. The van der Waals surface area contributed by atoms with Crippen LogP contribution in [0, 0.1) is 0 Å². The van der Waals surface area contributed by atoms with Crippen LogP contribution in [-0.4, -0.2) is 82.3 Å². The number of aliphatic carboxylic acids is 1. The Hall–Kier alpha value is -1.71. The van der Waals surface area contributed by atoms with Crippen LogP contribution in [0.15, 0.2) is 0 Å². The van der Waals surface area contributed by atoms with Crippen molar-refractivity contribution >= 4 is 17.9 Å². The molecule has 0 N–H and O–H groups in total. The van der Waals surface area contributed by atoms with Crippen molar-refractivity contribution in [1.82, 2.24) is 0 Å². The average Bonchev–Trinajstić information content (AvgIpc) is 3.38. The van der Waals surface area contributed by atoms with E-state index in [9.17, 15) is 19.5 Å². The molecule has 0 aliphatic rings. The molecule has 93 heavy (non-hydrogen) atoms. The lowest BCUT2D eigenvalue weighted by Gasteiger charge is -2.26. The van der Waals surface area contributed by atoms with E-state index in [1.54, 1.807) is 0 Å². The van der Waals surface area contributed by atoms with E-state index in [0.29, 0.717) is 17.4 Å². The summed E-state index contributed by atoms with van der Waals surface area (Å²) in [6.45, 7) is 4.86. The monoisotopic (exact) mass is 1320 g/mol. The first-order chi connectivity index (χ1) is 45.6. The number of carboxylic acids is 1. The molecule has 0 aromatic rings. The van der Waals surface area contributed by atoms with E-state index in [4.69, 9.17) is 18.9 Å². The van der Waals surface area contributed by atoms with E-state index in [0.717, 1.165) is 38.5 Å². The van der Waals surface area contributed by atoms with Crippen LogP contribution in [0.1, 0.15) is 463 Å². The molecule has 0 aliphatic carbocycles. The molecule has 0 saturated carbocycles. The molecule has 0 saturated heterocycles. The minimum Gasteiger partial charge on any atom is -0.545 e. The molecule has 0 fully saturated rings.